The Morgan fingerprint density at radius 3 is 2.73 bits per heavy atom. The molecule has 1 saturated carbocycles. The van der Waals surface area contributed by atoms with Crippen LogP contribution < -0.4 is 0 Å². The van der Waals surface area contributed by atoms with Crippen LogP contribution in [0.3, 0.4) is 0 Å². The minimum atomic E-state index is -0.537. The molecule has 1 fully saturated rings. The highest BCUT2D eigenvalue weighted by molar-refractivity contribution is 5.96. The number of aromatic amines is 1. The van der Waals surface area contributed by atoms with Crippen LogP contribution in [0.1, 0.15) is 17.9 Å². The summed E-state index contributed by atoms with van der Waals surface area (Å²) in [5.74, 6) is -0.728. The first kappa shape index (κ1) is 15.9. The van der Waals surface area contributed by atoms with Crippen molar-refractivity contribution in [2.75, 3.05) is 0 Å². The van der Waals surface area contributed by atoms with E-state index in [2.05, 4.69) is 15.2 Å². The summed E-state index contributed by atoms with van der Waals surface area (Å²) >= 11 is 0. The molecule has 130 valence electrons. The Bertz CT molecular complexity index is 1040. The standard InChI is InChI=1S/C18H14N4O4/c23-17(13-9-12(13)10-4-2-1-3-5-10)21-20-16-14-8-11(22(25)26)6-7-15(14)19-18(16)24/h1-8,12-13,19,24H,9H2. The lowest BCUT2D eigenvalue weighted by atomic mass is 10.1. The maximum absolute atomic E-state index is 12.2. The first-order valence-corrected chi connectivity index (χ1v) is 8.04. The minimum Gasteiger partial charge on any atom is -0.493 e. The van der Waals surface area contributed by atoms with E-state index < -0.39 is 4.92 Å². The lowest BCUT2D eigenvalue weighted by Crippen LogP contribution is -1.96. The highest BCUT2D eigenvalue weighted by atomic mass is 16.6. The average Bonchev–Trinajstić information content (AvgIpc) is 3.38. The van der Waals surface area contributed by atoms with Crippen molar-refractivity contribution < 1.29 is 14.8 Å². The SMILES string of the molecule is O=C(N=Nc1c(O)[nH]c2ccc([N+](=O)[O-])cc12)C1CC1c1ccccc1. The quantitative estimate of drug-likeness (QED) is 0.416. The number of carbonyl (C=O) groups excluding carboxylic acids is 1. The second-order valence-electron chi connectivity index (χ2n) is 6.21. The maximum atomic E-state index is 12.2. The first-order valence-electron chi connectivity index (χ1n) is 8.04. The molecule has 8 nitrogen and oxygen atoms in total. The van der Waals surface area contributed by atoms with E-state index in [1.165, 1.54) is 18.2 Å². The Hall–Kier alpha value is -3.55. The van der Waals surface area contributed by atoms with E-state index in [1.54, 1.807) is 0 Å². The van der Waals surface area contributed by atoms with Crippen molar-refractivity contribution >= 4 is 28.2 Å². The Morgan fingerprint density at radius 1 is 1.23 bits per heavy atom. The van der Waals surface area contributed by atoms with Crippen LogP contribution >= 0.6 is 0 Å². The number of nitro groups is 1. The van der Waals surface area contributed by atoms with E-state index in [0.29, 0.717) is 17.3 Å². The Kier molecular flexibility index (Phi) is 3.72. The first-order chi connectivity index (χ1) is 12.5. The van der Waals surface area contributed by atoms with E-state index in [4.69, 9.17) is 0 Å². The Labute approximate surface area is 147 Å². The van der Waals surface area contributed by atoms with Crippen LogP contribution in [0.4, 0.5) is 11.4 Å². The molecule has 0 spiro atoms. The van der Waals surface area contributed by atoms with Crippen molar-refractivity contribution in [2.45, 2.75) is 12.3 Å². The molecule has 0 aliphatic heterocycles. The predicted molar refractivity (Wildman–Crippen MR) is 93.4 cm³/mol. The number of azo groups is 1. The molecule has 2 unspecified atom stereocenters. The Morgan fingerprint density at radius 2 is 2.00 bits per heavy atom. The second-order valence-corrected chi connectivity index (χ2v) is 6.21. The second kappa shape index (κ2) is 6.07. The van der Waals surface area contributed by atoms with Gasteiger partial charge in [-0.25, -0.2) is 0 Å². The summed E-state index contributed by atoms with van der Waals surface area (Å²) < 4.78 is 0. The van der Waals surface area contributed by atoms with Crippen molar-refractivity contribution in [1.29, 1.82) is 0 Å². The molecule has 2 N–H and O–H groups in total. The van der Waals surface area contributed by atoms with E-state index in [-0.39, 0.29) is 35.0 Å². The smallest absolute Gasteiger partial charge is 0.270 e. The largest absolute Gasteiger partial charge is 0.493 e. The number of aromatic hydroxyl groups is 1. The minimum absolute atomic E-state index is 0.0222. The van der Waals surface area contributed by atoms with Gasteiger partial charge in [-0.15, -0.1) is 10.2 Å². The summed E-state index contributed by atoms with van der Waals surface area (Å²) in [6.07, 6.45) is 0.715. The van der Waals surface area contributed by atoms with Crippen LogP contribution in [-0.4, -0.2) is 20.9 Å². The molecule has 1 amide bonds. The number of aromatic nitrogens is 1. The van der Waals surface area contributed by atoms with Crippen molar-refractivity contribution in [3.63, 3.8) is 0 Å². The molecule has 4 rings (SSSR count). The number of amides is 1. The van der Waals surface area contributed by atoms with Gasteiger partial charge in [-0.3, -0.25) is 14.9 Å². The van der Waals surface area contributed by atoms with Gasteiger partial charge in [0.05, 0.1) is 10.4 Å². The van der Waals surface area contributed by atoms with Crippen molar-refractivity contribution in [2.24, 2.45) is 16.1 Å². The summed E-state index contributed by atoms with van der Waals surface area (Å²) in [6, 6.07) is 13.8. The number of hydrogen-bond donors (Lipinski definition) is 2. The molecule has 0 bridgehead atoms. The van der Waals surface area contributed by atoms with Crippen LogP contribution in [0.5, 0.6) is 5.88 Å². The summed E-state index contributed by atoms with van der Waals surface area (Å²) in [6.45, 7) is 0. The number of carbonyl (C=O) groups is 1. The van der Waals surface area contributed by atoms with Crippen molar-refractivity contribution in [3.05, 3.63) is 64.2 Å². The Balaban J connectivity index is 1.57. The molecule has 1 aliphatic carbocycles. The van der Waals surface area contributed by atoms with Crippen LogP contribution in [0, 0.1) is 16.0 Å². The fraction of sp³-hybridized carbons (Fsp3) is 0.167. The summed E-state index contributed by atoms with van der Waals surface area (Å²) in [4.78, 5) is 25.3. The van der Waals surface area contributed by atoms with E-state index >= 15 is 0 Å². The molecule has 0 radical (unpaired) electrons. The van der Waals surface area contributed by atoms with Gasteiger partial charge in [0.15, 0.2) is 5.69 Å². The molecular formula is C18H14N4O4. The van der Waals surface area contributed by atoms with Crippen LogP contribution in [-0.2, 0) is 4.79 Å². The van der Waals surface area contributed by atoms with Gasteiger partial charge in [0, 0.05) is 23.4 Å². The summed E-state index contributed by atoms with van der Waals surface area (Å²) in [7, 11) is 0. The summed E-state index contributed by atoms with van der Waals surface area (Å²) in [5, 5.41) is 28.8. The molecular weight excluding hydrogens is 336 g/mol. The van der Waals surface area contributed by atoms with Gasteiger partial charge in [0.2, 0.25) is 5.88 Å². The van der Waals surface area contributed by atoms with Crippen molar-refractivity contribution in [1.82, 2.24) is 4.98 Å². The number of rotatable bonds is 4. The average molecular weight is 350 g/mol. The highest BCUT2D eigenvalue weighted by Gasteiger charge is 2.44. The molecule has 2 atom stereocenters. The topological polar surface area (TPSA) is 121 Å². The molecule has 8 heteroatoms. The van der Waals surface area contributed by atoms with E-state index in [9.17, 15) is 20.0 Å². The highest BCUT2D eigenvalue weighted by Crippen LogP contribution is 2.48. The third kappa shape index (κ3) is 2.81. The van der Waals surface area contributed by atoms with Crippen LogP contribution in [0.15, 0.2) is 58.8 Å². The van der Waals surface area contributed by atoms with Crippen LogP contribution in [0.2, 0.25) is 0 Å². The fourth-order valence-electron chi connectivity index (χ4n) is 3.08. The zero-order valence-electron chi connectivity index (χ0n) is 13.5. The van der Waals surface area contributed by atoms with Gasteiger partial charge in [0.25, 0.3) is 11.6 Å². The molecule has 26 heavy (non-hydrogen) atoms. The van der Waals surface area contributed by atoms with E-state index in [1.807, 2.05) is 30.3 Å². The van der Waals surface area contributed by atoms with Gasteiger partial charge in [-0.1, -0.05) is 30.3 Å². The fourth-order valence-corrected chi connectivity index (χ4v) is 3.08. The van der Waals surface area contributed by atoms with Gasteiger partial charge in [0.1, 0.15) is 0 Å². The zero-order valence-corrected chi connectivity index (χ0v) is 13.5. The third-order valence-corrected chi connectivity index (χ3v) is 4.53. The van der Waals surface area contributed by atoms with Gasteiger partial charge in [-0.2, -0.15) is 0 Å². The number of hydrogen-bond acceptors (Lipinski definition) is 5. The number of H-pyrrole nitrogens is 1. The number of nitrogens with one attached hydrogen (secondary N) is 1. The number of nitro benzene ring substituents is 1. The van der Waals surface area contributed by atoms with Crippen molar-refractivity contribution in [3.8, 4) is 5.88 Å². The number of benzene rings is 2. The lowest BCUT2D eigenvalue weighted by Gasteiger charge is -1.97. The third-order valence-electron chi connectivity index (χ3n) is 4.53. The predicted octanol–water partition coefficient (Wildman–Crippen LogP) is 4.20. The molecule has 3 aromatic rings. The van der Waals surface area contributed by atoms with Gasteiger partial charge >= 0.3 is 0 Å². The normalized spacial score (nSPS) is 19.1. The van der Waals surface area contributed by atoms with Crippen LogP contribution in [0.25, 0.3) is 10.9 Å². The summed E-state index contributed by atoms with van der Waals surface area (Å²) in [5.41, 5.74) is 1.45. The number of nitrogens with zero attached hydrogens (tertiary/aromatic N) is 3. The van der Waals surface area contributed by atoms with Gasteiger partial charge in [-0.05, 0) is 24.0 Å². The molecule has 1 aliphatic rings. The molecule has 1 aromatic heterocycles. The molecule has 2 aromatic carbocycles. The monoisotopic (exact) mass is 350 g/mol. The maximum Gasteiger partial charge on any atom is 0.270 e. The molecule has 0 saturated heterocycles. The zero-order chi connectivity index (χ0) is 18.3. The number of fused-ring (bicyclic) bond motifs is 1. The van der Waals surface area contributed by atoms with Gasteiger partial charge < -0.3 is 10.1 Å². The number of non-ortho nitro benzene ring substituents is 1. The lowest BCUT2D eigenvalue weighted by molar-refractivity contribution is -0.384. The van der Waals surface area contributed by atoms with E-state index in [0.717, 1.165) is 5.56 Å². The molecule has 1 heterocycles.